The molecule has 0 aliphatic carbocycles. The van der Waals surface area contributed by atoms with Crippen molar-refractivity contribution in [1.29, 1.82) is 0 Å². The molecule has 7 heteroatoms. The zero-order chi connectivity index (χ0) is 13.9. The van der Waals surface area contributed by atoms with Gasteiger partial charge in [-0.25, -0.2) is 13.4 Å². The second-order valence-electron chi connectivity index (χ2n) is 4.03. The molecule has 0 amide bonds. The van der Waals surface area contributed by atoms with Crippen molar-refractivity contribution in [2.45, 2.75) is 18.6 Å². The van der Waals surface area contributed by atoms with Crippen LogP contribution in [0.4, 0.5) is 0 Å². The molecular weight excluding hydrogens is 306 g/mol. The summed E-state index contributed by atoms with van der Waals surface area (Å²) in [7, 11) is -2.89. The number of fused-ring (bicyclic) bond motifs is 1. The number of oxazole rings is 1. The molecule has 0 aliphatic heterocycles. The third-order valence-corrected chi connectivity index (χ3v) is 5.53. The van der Waals surface area contributed by atoms with E-state index in [1.165, 1.54) is 11.8 Å². The van der Waals surface area contributed by atoms with E-state index in [4.69, 9.17) is 16.0 Å². The lowest BCUT2D eigenvalue weighted by Crippen LogP contribution is -2.09. The number of hydrogen-bond donors (Lipinski definition) is 0. The summed E-state index contributed by atoms with van der Waals surface area (Å²) in [4.78, 5) is 4.29. The maximum Gasteiger partial charge on any atom is 0.256 e. The monoisotopic (exact) mass is 319 g/mol. The molecule has 1 aromatic heterocycles. The Kier molecular flexibility index (Phi) is 4.76. The van der Waals surface area contributed by atoms with Gasteiger partial charge in [-0.3, -0.25) is 0 Å². The second-order valence-corrected chi connectivity index (χ2v) is 7.99. The minimum absolute atomic E-state index is 0.194. The molecule has 2 aromatic rings. The van der Waals surface area contributed by atoms with Crippen molar-refractivity contribution in [3.05, 3.63) is 23.2 Å². The first-order valence-corrected chi connectivity index (χ1v) is 9.08. The average molecular weight is 320 g/mol. The molecule has 0 aliphatic rings. The van der Waals surface area contributed by atoms with Gasteiger partial charge in [-0.05, 0) is 24.6 Å². The predicted octanol–water partition coefficient (Wildman–Crippen LogP) is 3.40. The van der Waals surface area contributed by atoms with E-state index >= 15 is 0 Å². The van der Waals surface area contributed by atoms with Crippen LogP contribution in [0.5, 0.6) is 0 Å². The van der Waals surface area contributed by atoms with E-state index in [0.29, 0.717) is 28.0 Å². The van der Waals surface area contributed by atoms with Crippen LogP contribution in [0.2, 0.25) is 5.02 Å². The van der Waals surface area contributed by atoms with Gasteiger partial charge in [-0.2, -0.15) is 0 Å². The Balaban J connectivity index is 1.92. The molecule has 0 unspecified atom stereocenters. The Morgan fingerprint density at radius 3 is 2.95 bits per heavy atom. The lowest BCUT2D eigenvalue weighted by molar-refractivity contribution is 0.489. The third kappa shape index (κ3) is 4.12. The van der Waals surface area contributed by atoms with E-state index in [-0.39, 0.29) is 11.5 Å². The molecule has 0 saturated carbocycles. The molecule has 2 rings (SSSR count). The molecule has 104 valence electrons. The minimum atomic E-state index is -2.89. The topological polar surface area (TPSA) is 60.2 Å². The first kappa shape index (κ1) is 14.7. The highest BCUT2D eigenvalue weighted by Gasteiger charge is 2.09. The van der Waals surface area contributed by atoms with Gasteiger partial charge in [-0.1, -0.05) is 30.3 Å². The number of hydrogen-bond acceptors (Lipinski definition) is 5. The Morgan fingerprint density at radius 2 is 2.21 bits per heavy atom. The van der Waals surface area contributed by atoms with E-state index in [2.05, 4.69) is 4.98 Å². The van der Waals surface area contributed by atoms with E-state index < -0.39 is 9.84 Å². The van der Waals surface area contributed by atoms with Crippen molar-refractivity contribution in [1.82, 2.24) is 4.98 Å². The molecular formula is C12H14ClNO3S2. The summed E-state index contributed by atoms with van der Waals surface area (Å²) in [5, 5.41) is 1.16. The number of thioether (sulfide) groups is 1. The summed E-state index contributed by atoms with van der Waals surface area (Å²) in [6, 6.07) is 5.26. The van der Waals surface area contributed by atoms with E-state index in [1.807, 2.05) is 0 Å². The van der Waals surface area contributed by atoms with Crippen molar-refractivity contribution in [2.75, 3.05) is 17.3 Å². The smallest absolute Gasteiger partial charge is 0.256 e. The molecule has 0 atom stereocenters. The number of rotatable bonds is 6. The van der Waals surface area contributed by atoms with Gasteiger partial charge in [0.15, 0.2) is 5.58 Å². The van der Waals surface area contributed by atoms with Crippen LogP contribution >= 0.6 is 23.4 Å². The van der Waals surface area contributed by atoms with E-state index in [0.717, 1.165) is 5.52 Å². The summed E-state index contributed by atoms with van der Waals surface area (Å²) in [6.07, 6.45) is 0.598. The fourth-order valence-electron chi connectivity index (χ4n) is 1.52. The van der Waals surface area contributed by atoms with E-state index in [1.54, 1.807) is 25.1 Å². The summed E-state index contributed by atoms with van der Waals surface area (Å²) >= 11 is 7.28. The lowest BCUT2D eigenvalue weighted by atomic mass is 10.3. The Morgan fingerprint density at radius 1 is 1.42 bits per heavy atom. The first-order chi connectivity index (χ1) is 9.00. The molecule has 19 heavy (non-hydrogen) atoms. The fraction of sp³-hybridized carbons (Fsp3) is 0.417. The Bertz CT molecular complexity index is 667. The van der Waals surface area contributed by atoms with E-state index in [9.17, 15) is 8.42 Å². The van der Waals surface area contributed by atoms with Gasteiger partial charge >= 0.3 is 0 Å². The summed E-state index contributed by atoms with van der Waals surface area (Å²) in [6.45, 7) is 1.66. The predicted molar refractivity (Wildman–Crippen MR) is 78.7 cm³/mol. The quantitative estimate of drug-likeness (QED) is 0.603. The maximum atomic E-state index is 11.3. The number of aromatic nitrogens is 1. The summed E-state index contributed by atoms with van der Waals surface area (Å²) < 4.78 is 28.2. The van der Waals surface area contributed by atoms with Gasteiger partial charge in [0, 0.05) is 16.5 Å². The van der Waals surface area contributed by atoms with Crippen LogP contribution in [0.25, 0.3) is 11.1 Å². The minimum Gasteiger partial charge on any atom is -0.431 e. The summed E-state index contributed by atoms with van der Waals surface area (Å²) in [5.74, 6) is 1.07. The molecule has 0 radical (unpaired) electrons. The van der Waals surface area contributed by atoms with Crippen LogP contribution in [-0.2, 0) is 9.84 Å². The number of benzene rings is 1. The van der Waals surface area contributed by atoms with Gasteiger partial charge in [0.2, 0.25) is 0 Å². The van der Waals surface area contributed by atoms with Crippen molar-refractivity contribution < 1.29 is 12.8 Å². The number of halogens is 1. The van der Waals surface area contributed by atoms with Crippen molar-refractivity contribution in [2.24, 2.45) is 0 Å². The fourth-order valence-corrected chi connectivity index (χ4v) is 3.52. The largest absolute Gasteiger partial charge is 0.431 e. The zero-order valence-electron chi connectivity index (χ0n) is 10.4. The molecule has 0 spiro atoms. The van der Waals surface area contributed by atoms with Gasteiger partial charge in [0.1, 0.15) is 15.4 Å². The second kappa shape index (κ2) is 6.15. The highest BCUT2D eigenvalue weighted by Crippen LogP contribution is 2.25. The van der Waals surface area contributed by atoms with Crippen LogP contribution in [-0.4, -0.2) is 30.7 Å². The third-order valence-electron chi connectivity index (χ3n) is 2.60. The van der Waals surface area contributed by atoms with Crippen LogP contribution < -0.4 is 0 Å². The van der Waals surface area contributed by atoms with Crippen LogP contribution in [0.1, 0.15) is 13.3 Å². The van der Waals surface area contributed by atoms with Crippen LogP contribution in [0, 0.1) is 0 Å². The maximum absolute atomic E-state index is 11.3. The van der Waals surface area contributed by atoms with Crippen molar-refractivity contribution in [3.63, 3.8) is 0 Å². The molecule has 1 heterocycles. The highest BCUT2D eigenvalue weighted by molar-refractivity contribution is 7.99. The SMILES string of the molecule is CCS(=O)(=O)CCCSc1nc2cc(Cl)ccc2o1. The number of sulfone groups is 1. The lowest BCUT2D eigenvalue weighted by Gasteiger charge is -1.99. The van der Waals surface area contributed by atoms with Crippen molar-refractivity contribution in [3.8, 4) is 0 Å². The molecule has 0 N–H and O–H groups in total. The van der Waals surface area contributed by atoms with Crippen LogP contribution in [0.15, 0.2) is 27.8 Å². The molecule has 0 fully saturated rings. The normalized spacial score (nSPS) is 12.1. The first-order valence-electron chi connectivity index (χ1n) is 5.89. The van der Waals surface area contributed by atoms with Crippen LogP contribution in [0.3, 0.4) is 0 Å². The molecule has 0 bridgehead atoms. The van der Waals surface area contributed by atoms with Gasteiger partial charge in [-0.15, -0.1) is 0 Å². The van der Waals surface area contributed by atoms with Gasteiger partial charge in [0.05, 0.1) is 5.75 Å². The molecule has 1 aromatic carbocycles. The van der Waals surface area contributed by atoms with Crippen molar-refractivity contribution >= 4 is 44.3 Å². The average Bonchev–Trinajstić information content (AvgIpc) is 2.76. The number of nitrogens with zero attached hydrogens (tertiary/aromatic N) is 1. The standard InChI is InChI=1S/C12H14ClNO3S2/c1-2-19(15,16)7-3-6-18-12-14-10-8-9(13)4-5-11(10)17-12/h4-5,8H,2-3,6-7H2,1H3. The highest BCUT2D eigenvalue weighted by atomic mass is 35.5. The molecule has 4 nitrogen and oxygen atoms in total. The Hall–Kier alpha value is -0.720. The van der Waals surface area contributed by atoms with Gasteiger partial charge in [0.25, 0.3) is 5.22 Å². The Labute approximate surface area is 121 Å². The van der Waals surface area contributed by atoms with Gasteiger partial charge < -0.3 is 4.42 Å². The summed E-state index contributed by atoms with van der Waals surface area (Å²) in [5.41, 5.74) is 1.41. The molecule has 0 saturated heterocycles. The zero-order valence-corrected chi connectivity index (χ0v) is 12.8.